The lowest BCUT2D eigenvalue weighted by Crippen LogP contribution is -2.49. The summed E-state index contributed by atoms with van der Waals surface area (Å²) in [7, 11) is 1.80. The highest BCUT2D eigenvalue weighted by molar-refractivity contribution is 5.83. The fraction of sp³-hybridized carbons (Fsp3) is 0.550. The second-order valence-electron chi connectivity index (χ2n) is 6.91. The van der Waals surface area contributed by atoms with Crippen molar-refractivity contribution in [2.24, 2.45) is 4.99 Å². The number of likely N-dealkylation sites (N-methyl/N-ethyl adjacent to an activating group) is 1. The molecule has 1 unspecified atom stereocenters. The Labute approximate surface area is 155 Å². The number of halogens is 1. The van der Waals surface area contributed by atoms with Gasteiger partial charge in [0, 0.05) is 43.3 Å². The Hall–Kier alpha value is -2.08. The molecule has 0 saturated carbocycles. The summed E-state index contributed by atoms with van der Waals surface area (Å²) in [4.78, 5) is 10.1. The highest BCUT2D eigenvalue weighted by atomic mass is 19.1. The van der Waals surface area contributed by atoms with Crippen molar-refractivity contribution in [1.29, 1.82) is 0 Å². The number of rotatable bonds is 6. The lowest BCUT2D eigenvalue weighted by Gasteiger charge is -2.35. The molecule has 0 bridgehead atoms. The number of nitrogens with zero attached hydrogens (tertiary/aromatic N) is 2. The van der Waals surface area contributed by atoms with E-state index in [9.17, 15) is 4.39 Å². The molecule has 26 heavy (non-hydrogen) atoms. The Morgan fingerprint density at radius 3 is 3.04 bits per heavy atom. The maximum atomic E-state index is 13.5. The van der Waals surface area contributed by atoms with Gasteiger partial charge in [0.1, 0.15) is 5.82 Å². The second kappa shape index (κ2) is 9.03. The van der Waals surface area contributed by atoms with E-state index < -0.39 is 0 Å². The molecular weight excluding hydrogens is 329 g/mol. The molecule has 2 aromatic rings. The predicted octanol–water partition coefficient (Wildman–Crippen LogP) is 2.89. The van der Waals surface area contributed by atoms with Crippen molar-refractivity contribution < 1.29 is 4.39 Å². The van der Waals surface area contributed by atoms with Crippen molar-refractivity contribution in [1.82, 2.24) is 20.5 Å². The van der Waals surface area contributed by atoms with Crippen molar-refractivity contribution in [3.63, 3.8) is 0 Å². The van der Waals surface area contributed by atoms with Crippen molar-refractivity contribution in [2.75, 3.05) is 33.2 Å². The molecule has 1 aromatic heterocycles. The summed E-state index contributed by atoms with van der Waals surface area (Å²) in [6.45, 7) is 6.22. The number of aliphatic imine (C=N–C) groups is 1. The highest BCUT2D eigenvalue weighted by Crippen LogP contribution is 2.19. The Morgan fingerprint density at radius 2 is 2.23 bits per heavy atom. The largest absolute Gasteiger partial charge is 0.361 e. The van der Waals surface area contributed by atoms with Crippen LogP contribution in [0.5, 0.6) is 0 Å². The van der Waals surface area contributed by atoms with Crippen molar-refractivity contribution in [3.05, 3.63) is 35.8 Å². The maximum absolute atomic E-state index is 13.5. The van der Waals surface area contributed by atoms with Crippen molar-refractivity contribution >= 4 is 16.9 Å². The van der Waals surface area contributed by atoms with E-state index in [4.69, 9.17) is 0 Å². The van der Waals surface area contributed by atoms with Gasteiger partial charge >= 0.3 is 0 Å². The molecule has 1 fully saturated rings. The van der Waals surface area contributed by atoms with Crippen LogP contribution in [0.15, 0.2) is 29.4 Å². The van der Waals surface area contributed by atoms with Crippen LogP contribution >= 0.6 is 0 Å². The molecular formula is C20H30FN5. The van der Waals surface area contributed by atoms with E-state index in [0.717, 1.165) is 48.5 Å². The van der Waals surface area contributed by atoms with Gasteiger partial charge in [-0.25, -0.2) is 4.39 Å². The molecule has 2 heterocycles. The fourth-order valence-corrected chi connectivity index (χ4v) is 3.82. The zero-order chi connectivity index (χ0) is 18.4. The number of nitrogens with one attached hydrogen (secondary N) is 3. The van der Waals surface area contributed by atoms with Crippen LogP contribution in [-0.4, -0.2) is 55.1 Å². The van der Waals surface area contributed by atoms with Gasteiger partial charge in [0.2, 0.25) is 0 Å². The van der Waals surface area contributed by atoms with E-state index in [0.29, 0.717) is 6.04 Å². The van der Waals surface area contributed by atoms with E-state index >= 15 is 0 Å². The first-order valence-electron chi connectivity index (χ1n) is 9.65. The molecule has 0 spiro atoms. The van der Waals surface area contributed by atoms with Gasteiger partial charge in [-0.1, -0.05) is 13.3 Å². The molecule has 1 saturated heterocycles. The van der Waals surface area contributed by atoms with Crippen LogP contribution in [0.2, 0.25) is 0 Å². The van der Waals surface area contributed by atoms with Crippen LogP contribution < -0.4 is 10.6 Å². The average Bonchev–Trinajstić information content (AvgIpc) is 3.06. The topological polar surface area (TPSA) is 55.4 Å². The molecule has 3 rings (SSSR count). The SMILES string of the molecule is CCN1CCCCC1CNC(=NC)NCCc1c[nH]c2ccc(F)cc12. The van der Waals surface area contributed by atoms with Crippen LogP contribution in [0.1, 0.15) is 31.7 Å². The number of benzene rings is 1. The summed E-state index contributed by atoms with van der Waals surface area (Å²) in [6.07, 6.45) is 6.64. The molecule has 142 valence electrons. The van der Waals surface area contributed by atoms with E-state index in [1.54, 1.807) is 19.2 Å². The third-order valence-corrected chi connectivity index (χ3v) is 5.30. The summed E-state index contributed by atoms with van der Waals surface area (Å²) >= 11 is 0. The number of H-pyrrole nitrogens is 1. The Kier molecular flexibility index (Phi) is 6.50. The van der Waals surface area contributed by atoms with Gasteiger partial charge in [0.25, 0.3) is 0 Å². The van der Waals surface area contributed by atoms with Gasteiger partial charge in [-0.3, -0.25) is 9.89 Å². The first-order chi connectivity index (χ1) is 12.7. The van der Waals surface area contributed by atoms with E-state index in [-0.39, 0.29) is 5.82 Å². The minimum atomic E-state index is -0.197. The summed E-state index contributed by atoms with van der Waals surface area (Å²) in [5.41, 5.74) is 2.09. The van der Waals surface area contributed by atoms with E-state index in [2.05, 4.69) is 32.4 Å². The first kappa shape index (κ1) is 18.7. The zero-order valence-corrected chi connectivity index (χ0v) is 15.8. The fourth-order valence-electron chi connectivity index (χ4n) is 3.82. The van der Waals surface area contributed by atoms with Crippen LogP contribution in [0.4, 0.5) is 4.39 Å². The normalized spacial score (nSPS) is 19.0. The van der Waals surface area contributed by atoms with Crippen molar-refractivity contribution in [3.8, 4) is 0 Å². The summed E-state index contributed by atoms with van der Waals surface area (Å²) in [6, 6.07) is 5.45. The van der Waals surface area contributed by atoms with E-state index in [1.807, 2.05) is 6.20 Å². The standard InChI is InChI=1S/C20H30FN5/c1-3-26-11-5-4-6-17(26)14-25-20(22-2)23-10-9-15-13-24-19-8-7-16(21)12-18(15)19/h7-8,12-13,17,24H,3-6,9-11,14H2,1-2H3,(H2,22,23,25). The lowest BCUT2D eigenvalue weighted by molar-refractivity contribution is 0.157. The quantitative estimate of drug-likeness (QED) is 0.549. The third kappa shape index (κ3) is 4.55. The number of fused-ring (bicyclic) bond motifs is 1. The number of piperidine rings is 1. The molecule has 3 N–H and O–H groups in total. The average molecular weight is 359 g/mol. The molecule has 0 aliphatic carbocycles. The molecule has 1 atom stereocenters. The van der Waals surface area contributed by atoms with Crippen molar-refractivity contribution in [2.45, 2.75) is 38.6 Å². The number of hydrogen-bond acceptors (Lipinski definition) is 2. The van der Waals surface area contributed by atoms with Gasteiger partial charge in [0.05, 0.1) is 0 Å². The van der Waals surface area contributed by atoms with Gasteiger partial charge in [-0.2, -0.15) is 0 Å². The number of aromatic amines is 1. The Morgan fingerprint density at radius 1 is 1.35 bits per heavy atom. The smallest absolute Gasteiger partial charge is 0.191 e. The number of guanidine groups is 1. The molecule has 1 aromatic carbocycles. The summed E-state index contributed by atoms with van der Waals surface area (Å²) in [5, 5.41) is 7.79. The third-order valence-electron chi connectivity index (χ3n) is 5.30. The summed E-state index contributed by atoms with van der Waals surface area (Å²) < 4.78 is 13.5. The molecule has 6 heteroatoms. The zero-order valence-electron chi connectivity index (χ0n) is 15.8. The van der Waals surface area contributed by atoms with Crippen LogP contribution in [0.3, 0.4) is 0 Å². The second-order valence-corrected chi connectivity index (χ2v) is 6.91. The highest BCUT2D eigenvalue weighted by Gasteiger charge is 2.20. The van der Waals surface area contributed by atoms with E-state index in [1.165, 1.54) is 31.9 Å². The molecule has 0 radical (unpaired) electrons. The molecule has 0 amide bonds. The van der Waals surface area contributed by atoms with Crippen LogP contribution in [0, 0.1) is 5.82 Å². The minimum Gasteiger partial charge on any atom is -0.361 e. The van der Waals surface area contributed by atoms with Crippen LogP contribution in [-0.2, 0) is 6.42 Å². The van der Waals surface area contributed by atoms with Crippen LogP contribution in [0.25, 0.3) is 10.9 Å². The van der Waals surface area contributed by atoms with Gasteiger partial charge < -0.3 is 15.6 Å². The maximum Gasteiger partial charge on any atom is 0.191 e. The number of hydrogen-bond donors (Lipinski definition) is 3. The first-order valence-corrected chi connectivity index (χ1v) is 9.65. The monoisotopic (exact) mass is 359 g/mol. The predicted molar refractivity (Wildman–Crippen MR) is 106 cm³/mol. The van der Waals surface area contributed by atoms with Gasteiger partial charge in [-0.15, -0.1) is 0 Å². The molecule has 1 aliphatic heterocycles. The lowest BCUT2D eigenvalue weighted by atomic mass is 10.0. The molecule has 1 aliphatic rings. The number of likely N-dealkylation sites (tertiary alicyclic amines) is 1. The Bertz CT molecular complexity index is 739. The minimum absolute atomic E-state index is 0.197. The van der Waals surface area contributed by atoms with Gasteiger partial charge in [0.15, 0.2) is 5.96 Å². The van der Waals surface area contributed by atoms with Gasteiger partial charge in [-0.05, 0) is 56.1 Å². The summed E-state index contributed by atoms with van der Waals surface area (Å²) in [5.74, 6) is 0.634. The number of aromatic nitrogens is 1. The Balaban J connectivity index is 1.48. The molecule has 5 nitrogen and oxygen atoms in total.